The maximum absolute atomic E-state index is 12.0. The number of rotatable bonds is 8. The van der Waals surface area contributed by atoms with Crippen molar-refractivity contribution < 1.29 is 9.72 Å². The molecular weight excluding hydrogens is 364 g/mol. The fourth-order valence-electron chi connectivity index (χ4n) is 3.10. The van der Waals surface area contributed by atoms with Crippen LogP contribution in [0.4, 0.5) is 11.8 Å². The first kappa shape index (κ1) is 19.7. The maximum atomic E-state index is 12.0. The molecule has 0 atom stereocenters. The van der Waals surface area contributed by atoms with Gasteiger partial charge in [0.2, 0.25) is 17.7 Å². The number of nitro groups is 1. The Balaban J connectivity index is 1.33. The lowest BCUT2D eigenvalue weighted by atomic mass is 10.3. The van der Waals surface area contributed by atoms with E-state index >= 15 is 0 Å². The minimum Gasteiger partial charge on any atom is -0.358 e. The van der Waals surface area contributed by atoms with Gasteiger partial charge in [-0.1, -0.05) is 0 Å². The van der Waals surface area contributed by atoms with Crippen molar-refractivity contribution in [2.24, 2.45) is 0 Å². The molecule has 28 heavy (non-hydrogen) atoms. The SMILES string of the molecule is Cc1nc([N+](=O)[O-])cn1CCC(=O)NCCN1CCN(c2ncccn2)CC1. The van der Waals surface area contributed by atoms with Gasteiger partial charge >= 0.3 is 5.82 Å². The van der Waals surface area contributed by atoms with Crippen molar-refractivity contribution in [1.29, 1.82) is 0 Å². The number of piperazine rings is 1. The van der Waals surface area contributed by atoms with E-state index in [2.05, 4.69) is 30.1 Å². The maximum Gasteiger partial charge on any atom is 0.381 e. The van der Waals surface area contributed by atoms with E-state index in [-0.39, 0.29) is 18.1 Å². The van der Waals surface area contributed by atoms with Crippen LogP contribution in [0.5, 0.6) is 0 Å². The summed E-state index contributed by atoms with van der Waals surface area (Å²) in [4.78, 5) is 39.1. The Bertz CT molecular complexity index is 802. The third-order valence-corrected chi connectivity index (χ3v) is 4.69. The Morgan fingerprint density at radius 1 is 1.21 bits per heavy atom. The molecule has 11 heteroatoms. The first-order chi connectivity index (χ1) is 13.5. The zero-order chi connectivity index (χ0) is 19.9. The zero-order valence-electron chi connectivity index (χ0n) is 15.8. The highest BCUT2D eigenvalue weighted by molar-refractivity contribution is 5.75. The molecule has 1 aliphatic heterocycles. The molecule has 0 aliphatic carbocycles. The summed E-state index contributed by atoms with van der Waals surface area (Å²) in [6.45, 7) is 6.92. The van der Waals surface area contributed by atoms with Gasteiger partial charge in [0.05, 0.1) is 0 Å². The molecule has 1 saturated heterocycles. The Morgan fingerprint density at radius 2 is 1.93 bits per heavy atom. The third kappa shape index (κ3) is 5.22. The molecule has 3 rings (SSSR count). The fraction of sp³-hybridized carbons (Fsp3) is 0.529. The largest absolute Gasteiger partial charge is 0.381 e. The summed E-state index contributed by atoms with van der Waals surface area (Å²) in [5.74, 6) is 1.01. The number of amides is 1. The van der Waals surface area contributed by atoms with Gasteiger partial charge in [0.25, 0.3) is 0 Å². The Labute approximate surface area is 162 Å². The number of imidazole rings is 1. The first-order valence-corrected chi connectivity index (χ1v) is 9.22. The van der Waals surface area contributed by atoms with Gasteiger partial charge in [0.15, 0.2) is 0 Å². The summed E-state index contributed by atoms with van der Waals surface area (Å²) in [5.41, 5.74) is 0. The topological polar surface area (TPSA) is 122 Å². The van der Waals surface area contributed by atoms with Crippen molar-refractivity contribution in [2.45, 2.75) is 19.9 Å². The highest BCUT2D eigenvalue weighted by Gasteiger charge is 2.19. The van der Waals surface area contributed by atoms with Crippen LogP contribution in [0, 0.1) is 17.0 Å². The second kappa shape index (κ2) is 9.22. The van der Waals surface area contributed by atoms with Crippen LogP contribution in [-0.2, 0) is 11.3 Å². The molecule has 0 bridgehead atoms. The average molecular weight is 388 g/mol. The van der Waals surface area contributed by atoms with Crippen molar-refractivity contribution >= 4 is 17.7 Å². The number of carbonyl (C=O) groups excluding carboxylic acids is 1. The molecule has 1 fully saturated rings. The van der Waals surface area contributed by atoms with Crippen molar-refractivity contribution in [3.63, 3.8) is 0 Å². The number of anilines is 1. The minimum absolute atomic E-state index is 0.0768. The van der Waals surface area contributed by atoms with E-state index in [1.54, 1.807) is 30.0 Å². The summed E-state index contributed by atoms with van der Waals surface area (Å²) in [6, 6.07) is 1.80. The van der Waals surface area contributed by atoms with E-state index < -0.39 is 4.92 Å². The summed E-state index contributed by atoms with van der Waals surface area (Å²) >= 11 is 0. The Morgan fingerprint density at radius 3 is 2.57 bits per heavy atom. The van der Waals surface area contributed by atoms with Crippen molar-refractivity contribution in [1.82, 2.24) is 29.7 Å². The molecule has 0 radical (unpaired) electrons. The van der Waals surface area contributed by atoms with E-state index in [0.717, 1.165) is 38.7 Å². The van der Waals surface area contributed by atoms with Crippen LogP contribution in [0.3, 0.4) is 0 Å². The standard InChI is InChI=1S/C17H24N8O3/c1-14-21-15(25(27)28)13-24(14)7-3-16(26)18-6-8-22-9-11-23(12-10-22)17-19-4-2-5-20-17/h2,4-5,13H,3,6-12H2,1H3,(H,18,26). The van der Waals surface area contributed by atoms with Gasteiger partial charge in [-0.3, -0.25) is 9.69 Å². The lowest BCUT2D eigenvalue weighted by molar-refractivity contribution is -0.389. The van der Waals surface area contributed by atoms with Gasteiger partial charge in [-0.25, -0.2) is 9.97 Å². The molecule has 0 saturated carbocycles. The molecule has 150 valence electrons. The van der Waals surface area contributed by atoms with Crippen LogP contribution in [-0.4, -0.2) is 74.5 Å². The highest BCUT2D eigenvalue weighted by atomic mass is 16.6. The van der Waals surface area contributed by atoms with Gasteiger partial charge in [-0.2, -0.15) is 0 Å². The first-order valence-electron chi connectivity index (χ1n) is 9.22. The minimum atomic E-state index is -0.534. The summed E-state index contributed by atoms with van der Waals surface area (Å²) in [6.07, 6.45) is 5.10. The van der Waals surface area contributed by atoms with Gasteiger partial charge < -0.3 is 24.9 Å². The van der Waals surface area contributed by atoms with Crippen LogP contribution in [0.2, 0.25) is 0 Å². The summed E-state index contributed by atoms with van der Waals surface area (Å²) in [5, 5.41) is 13.6. The average Bonchev–Trinajstić information content (AvgIpc) is 3.09. The third-order valence-electron chi connectivity index (χ3n) is 4.69. The van der Waals surface area contributed by atoms with Crippen LogP contribution >= 0.6 is 0 Å². The van der Waals surface area contributed by atoms with Gasteiger partial charge in [-0.05, 0) is 16.0 Å². The van der Waals surface area contributed by atoms with E-state index in [1.165, 1.54) is 6.20 Å². The van der Waals surface area contributed by atoms with Crippen LogP contribution < -0.4 is 10.2 Å². The number of carbonyl (C=O) groups is 1. The molecule has 2 aromatic rings. The fourth-order valence-corrected chi connectivity index (χ4v) is 3.10. The lowest BCUT2D eigenvalue weighted by Gasteiger charge is -2.34. The second-order valence-corrected chi connectivity index (χ2v) is 6.57. The normalized spacial score (nSPS) is 14.8. The molecule has 1 N–H and O–H groups in total. The predicted octanol–water partition coefficient (Wildman–Crippen LogP) is 0.218. The Hall–Kier alpha value is -3.08. The lowest BCUT2D eigenvalue weighted by Crippen LogP contribution is -2.49. The number of aryl methyl sites for hydroxylation is 2. The smallest absolute Gasteiger partial charge is 0.358 e. The number of nitrogens with one attached hydrogen (secondary N) is 1. The van der Waals surface area contributed by atoms with Crippen molar-refractivity contribution in [3.05, 3.63) is 40.6 Å². The zero-order valence-corrected chi connectivity index (χ0v) is 15.8. The van der Waals surface area contributed by atoms with Gasteiger partial charge in [0, 0.05) is 71.6 Å². The van der Waals surface area contributed by atoms with E-state index in [9.17, 15) is 14.9 Å². The number of hydrogen-bond donors (Lipinski definition) is 1. The molecule has 1 aliphatic rings. The summed E-state index contributed by atoms with van der Waals surface area (Å²) in [7, 11) is 0. The molecule has 2 aromatic heterocycles. The number of nitrogens with zero attached hydrogens (tertiary/aromatic N) is 7. The van der Waals surface area contributed by atoms with E-state index in [1.807, 2.05) is 0 Å². The second-order valence-electron chi connectivity index (χ2n) is 6.57. The van der Waals surface area contributed by atoms with E-state index in [0.29, 0.717) is 18.9 Å². The van der Waals surface area contributed by atoms with Crippen LogP contribution in [0.15, 0.2) is 24.7 Å². The molecule has 3 heterocycles. The number of hydrogen-bond acceptors (Lipinski definition) is 8. The van der Waals surface area contributed by atoms with Crippen LogP contribution in [0.25, 0.3) is 0 Å². The van der Waals surface area contributed by atoms with Crippen molar-refractivity contribution in [2.75, 3.05) is 44.2 Å². The van der Waals surface area contributed by atoms with E-state index in [4.69, 9.17) is 0 Å². The molecular formula is C17H24N8O3. The summed E-state index contributed by atoms with van der Waals surface area (Å²) < 4.78 is 1.63. The predicted molar refractivity (Wildman–Crippen MR) is 102 cm³/mol. The molecule has 0 spiro atoms. The molecule has 0 aromatic carbocycles. The number of aromatic nitrogens is 4. The molecule has 11 nitrogen and oxygen atoms in total. The highest BCUT2D eigenvalue weighted by Crippen LogP contribution is 2.11. The monoisotopic (exact) mass is 388 g/mol. The quantitative estimate of drug-likeness (QED) is 0.503. The van der Waals surface area contributed by atoms with Gasteiger partial charge in [0.1, 0.15) is 6.20 Å². The Kier molecular flexibility index (Phi) is 6.48. The molecule has 0 unspecified atom stereocenters. The van der Waals surface area contributed by atoms with Gasteiger partial charge in [-0.15, -0.1) is 0 Å². The molecule has 1 amide bonds. The van der Waals surface area contributed by atoms with Crippen LogP contribution in [0.1, 0.15) is 12.2 Å². The van der Waals surface area contributed by atoms with Crippen molar-refractivity contribution in [3.8, 4) is 0 Å².